The van der Waals surface area contributed by atoms with Crippen LogP contribution in [0.4, 0.5) is 0 Å². The van der Waals surface area contributed by atoms with Crippen LogP contribution in [0.2, 0.25) is 0 Å². The van der Waals surface area contributed by atoms with Crippen LogP contribution in [-0.4, -0.2) is 50.3 Å². The van der Waals surface area contributed by atoms with E-state index in [1.165, 1.54) is 0 Å². The smallest absolute Gasteiger partial charge is 0.220 e. The standard InChI is InChI=1S/C28H34N2O4/c1-30(24-14-17-32-18-15-24)16-19-33-26-9-5-6-22(20-26)21-29-28(31)13-11-25-10-12-27(34-25)23-7-3-2-4-8-23/h2-10,12,20,24H,11,13-19,21H2,1H3,(H,29,31). The maximum absolute atomic E-state index is 12.4. The monoisotopic (exact) mass is 462 g/mol. The van der Waals surface area contributed by atoms with Crippen molar-refractivity contribution < 1.29 is 18.7 Å². The van der Waals surface area contributed by atoms with Crippen LogP contribution in [0.25, 0.3) is 11.3 Å². The number of carbonyl (C=O) groups excluding carboxylic acids is 1. The first kappa shape index (κ1) is 24.0. The first-order chi connectivity index (χ1) is 16.7. The van der Waals surface area contributed by atoms with Gasteiger partial charge in [0.05, 0.1) is 0 Å². The Labute approximate surface area is 201 Å². The lowest BCUT2D eigenvalue weighted by Gasteiger charge is -2.31. The zero-order valence-electron chi connectivity index (χ0n) is 19.9. The summed E-state index contributed by atoms with van der Waals surface area (Å²) >= 11 is 0. The van der Waals surface area contributed by atoms with Crippen molar-refractivity contribution in [3.05, 3.63) is 78.1 Å². The van der Waals surface area contributed by atoms with Gasteiger partial charge in [-0.15, -0.1) is 0 Å². The van der Waals surface area contributed by atoms with E-state index in [2.05, 4.69) is 17.3 Å². The van der Waals surface area contributed by atoms with E-state index in [9.17, 15) is 4.79 Å². The zero-order chi connectivity index (χ0) is 23.6. The molecule has 1 aliphatic heterocycles. The van der Waals surface area contributed by atoms with Crippen molar-refractivity contribution in [3.63, 3.8) is 0 Å². The van der Waals surface area contributed by atoms with Gasteiger partial charge in [-0.3, -0.25) is 9.69 Å². The number of hydrogen-bond donors (Lipinski definition) is 1. The number of aryl methyl sites for hydroxylation is 1. The molecule has 1 aromatic heterocycles. The van der Waals surface area contributed by atoms with E-state index >= 15 is 0 Å². The first-order valence-electron chi connectivity index (χ1n) is 12.1. The topological polar surface area (TPSA) is 63.9 Å². The average molecular weight is 463 g/mol. The molecule has 1 saturated heterocycles. The summed E-state index contributed by atoms with van der Waals surface area (Å²) < 4.78 is 17.3. The SMILES string of the molecule is CN(CCOc1cccc(CNC(=O)CCc2ccc(-c3ccccc3)o2)c1)C1CCOCC1. The van der Waals surface area contributed by atoms with Gasteiger partial charge in [0.15, 0.2) is 0 Å². The Morgan fingerprint density at radius 2 is 1.88 bits per heavy atom. The van der Waals surface area contributed by atoms with E-state index in [0.717, 1.165) is 61.0 Å². The van der Waals surface area contributed by atoms with Gasteiger partial charge >= 0.3 is 0 Å². The van der Waals surface area contributed by atoms with Gasteiger partial charge in [0.1, 0.15) is 23.9 Å². The van der Waals surface area contributed by atoms with Crippen molar-refractivity contribution in [1.82, 2.24) is 10.2 Å². The molecule has 1 fully saturated rings. The minimum atomic E-state index is 0.00192. The number of rotatable bonds is 11. The highest BCUT2D eigenvalue weighted by molar-refractivity contribution is 5.76. The van der Waals surface area contributed by atoms with Gasteiger partial charge in [-0.25, -0.2) is 0 Å². The molecule has 4 rings (SSSR count). The highest BCUT2D eigenvalue weighted by Gasteiger charge is 2.18. The zero-order valence-corrected chi connectivity index (χ0v) is 19.9. The van der Waals surface area contributed by atoms with E-state index in [0.29, 0.717) is 32.0 Å². The second-order valence-electron chi connectivity index (χ2n) is 8.73. The first-order valence-corrected chi connectivity index (χ1v) is 12.1. The second kappa shape index (κ2) is 12.4. The molecule has 0 radical (unpaired) electrons. The number of carbonyl (C=O) groups is 1. The lowest BCUT2D eigenvalue weighted by Crippen LogP contribution is -2.38. The molecule has 0 bridgehead atoms. The van der Waals surface area contributed by atoms with Gasteiger partial charge in [-0.05, 0) is 49.7 Å². The molecule has 0 saturated carbocycles. The summed E-state index contributed by atoms with van der Waals surface area (Å²) in [4.78, 5) is 14.7. The number of ether oxygens (including phenoxy) is 2. The number of hydrogen-bond acceptors (Lipinski definition) is 5. The van der Waals surface area contributed by atoms with E-state index < -0.39 is 0 Å². The van der Waals surface area contributed by atoms with Crippen LogP contribution >= 0.6 is 0 Å². The maximum atomic E-state index is 12.4. The number of likely N-dealkylation sites (N-methyl/N-ethyl adjacent to an activating group) is 1. The Kier molecular flexibility index (Phi) is 8.77. The van der Waals surface area contributed by atoms with Gasteiger partial charge < -0.3 is 19.2 Å². The average Bonchev–Trinajstić information content (AvgIpc) is 3.37. The molecule has 180 valence electrons. The van der Waals surface area contributed by atoms with E-state index in [4.69, 9.17) is 13.9 Å². The molecule has 0 atom stereocenters. The lowest BCUT2D eigenvalue weighted by molar-refractivity contribution is -0.121. The minimum Gasteiger partial charge on any atom is -0.492 e. The van der Waals surface area contributed by atoms with Crippen molar-refractivity contribution in [2.75, 3.05) is 33.4 Å². The van der Waals surface area contributed by atoms with Gasteiger partial charge in [-0.2, -0.15) is 0 Å². The van der Waals surface area contributed by atoms with Crippen LogP contribution in [0, 0.1) is 0 Å². The third kappa shape index (κ3) is 7.20. The molecule has 0 aliphatic carbocycles. The van der Waals surface area contributed by atoms with Gasteiger partial charge in [0.25, 0.3) is 0 Å². The molecule has 1 N–H and O–H groups in total. The fourth-order valence-electron chi connectivity index (χ4n) is 4.16. The number of benzene rings is 2. The highest BCUT2D eigenvalue weighted by atomic mass is 16.5. The summed E-state index contributed by atoms with van der Waals surface area (Å²) in [5, 5.41) is 3.00. The molecule has 0 spiro atoms. The van der Waals surface area contributed by atoms with Crippen molar-refractivity contribution >= 4 is 5.91 Å². The number of amides is 1. The van der Waals surface area contributed by atoms with Crippen LogP contribution in [0.5, 0.6) is 5.75 Å². The summed E-state index contributed by atoms with van der Waals surface area (Å²) in [5.74, 6) is 2.47. The van der Waals surface area contributed by atoms with Crippen LogP contribution in [0.15, 0.2) is 71.1 Å². The van der Waals surface area contributed by atoms with Crippen LogP contribution < -0.4 is 10.1 Å². The van der Waals surface area contributed by atoms with Crippen LogP contribution in [0.1, 0.15) is 30.6 Å². The molecule has 2 aromatic carbocycles. The molecular weight excluding hydrogens is 428 g/mol. The fourth-order valence-corrected chi connectivity index (χ4v) is 4.16. The van der Waals surface area contributed by atoms with Gasteiger partial charge in [-0.1, -0.05) is 42.5 Å². The predicted molar refractivity (Wildman–Crippen MR) is 133 cm³/mol. The van der Waals surface area contributed by atoms with Crippen LogP contribution in [-0.2, 0) is 22.5 Å². The molecule has 0 unspecified atom stereocenters. The van der Waals surface area contributed by atoms with E-state index in [1.54, 1.807) is 0 Å². The van der Waals surface area contributed by atoms with Crippen molar-refractivity contribution in [2.45, 2.75) is 38.3 Å². The van der Waals surface area contributed by atoms with E-state index in [1.807, 2.05) is 66.7 Å². The van der Waals surface area contributed by atoms with Crippen molar-refractivity contribution in [3.8, 4) is 17.1 Å². The molecule has 1 aliphatic rings. The van der Waals surface area contributed by atoms with Crippen molar-refractivity contribution in [1.29, 1.82) is 0 Å². The maximum Gasteiger partial charge on any atom is 0.220 e. The molecule has 6 heteroatoms. The summed E-state index contributed by atoms with van der Waals surface area (Å²) in [7, 11) is 2.15. The quantitative estimate of drug-likeness (QED) is 0.448. The minimum absolute atomic E-state index is 0.00192. The summed E-state index contributed by atoms with van der Waals surface area (Å²) in [6.45, 7) is 3.69. The normalized spacial score (nSPS) is 14.3. The lowest BCUT2D eigenvalue weighted by atomic mass is 10.1. The summed E-state index contributed by atoms with van der Waals surface area (Å²) in [6, 6.07) is 22.4. The Morgan fingerprint density at radius 1 is 1.06 bits per heavy atom. The molecule has 1 amide bonds. The highest BCUT2D eigenvalue weighted by Crippen LogP contribution is 2.22. The van der Waals surface area contributed by atoms with E-state index in [-0.39, 0.29) is 5.91 Å². The third-order valence-corrected chi connectivity index (χ3v) is 6.23. The van der Waals surface area contributed by atoms with Crippen LogP contribution in [0.3, 0.4) is 0 Å². The number of nitrogens with one attached hydrogen (secondary N) is 1. The largest absolute Gasteiger partial charge is 0.492 e. The Hall–Kier alpha value is -3.09. The van der Waals surface area contributed by atoms with Crippen molar-refractivity contribution in [2.24, 2.45) is 0 Å². The molecule has 6 nitrogen and oxygen atoms in total. The third-order valence-electron chi connectivity index (χ3n) is 6.23. The number of furan rings is 1. The Bertz CT molecular complexity index is 1030. The molecule has 3 aromatic rings. The summed E-state index contributed by atoms with van der Waals surface area (Å²) in [5.41, 5.74) is 2.06. The fraction of sp³-hybridized carbons (Fsp3) is 0.393. The Balaban J connectivity index is 1.17. The van der Waals surface area contributed by atoms with Gasteiger partial charge in [0, 0.05) is 50.8 Å². The molecule has 34 heavy (non-hydrogen) atoms. The second-order valence-corrected chi connectivity index (χ2v) is 8.73. The molecule has 2 heterocycles. The number of nitrogens with zero attached hydrogens (tertiary/aromatic N) is 1. The predicted octanol–water partition coefficient (Wildman–Crippen LogP) is 4.69. The summed E-state index contributed by atoms with van der Waals surface area (Å²) in [6.07, 6.45) is 3.12. The van der Waals surface area contributed by atoms with Gasteiger partial charge in [0.2, 0.25) is 5.91 Å². The molecular formula is C28H34N2O4. The Morgan fingerprint density at radius 3 is 2.71 bits per heavy atom.